The highest BCUT2D eigenvalue weighted by atomic mass is 16.4. The standard InChI is InChI=1S/C19H18N2O2/c1-12-4-7-15(8-5-12)18-20-17(19(22)23)11-21(18)16-9-6-13(2)14(3)10-16/h4-11H,1-3H3,(H,22,23). The largest absolute Gasteiger partial charge is 0.476 e. The number of rotatable bonds is 3. The minimum atomic E-state index is -1.03. The molecule has 1 aromatic heterocycles. The number of hydrogen-bond acceptors (Lipinski definition) is 2. The Balaban J connectivity index is 2.20. The van der Waals surface area contributed by atoms with Crippen LogP contribution in [0.3, 0.4) is 0 Å². The molecular formula is C19H18N2O2. The number of carboxylic acid groups (broad SMARTS) is 1. The number of carboxylic acids is 1. The highest BCUT2D eigenvalue weighted by Gasteiger charge is 2.16. The lowest BCUT2D eigenvalue weighted by molar-refractivity contribution is 0.0691. The van der Waals surface area contributed by atoms with Gasteiger partial charge in [-0.05, 0) is 44.0 Å². The van der Waals surface area contributed by atoms with Gasteiger partial charge in [-0.15, -0.1) is 0 Å². The van der Waals surface area contributed by atoms with Gasteiger partial charge in [0.05, 0.1) is 0 Å². The van der Waals surface area contributed by atoms with E-state index in [1.54, 1.807) is 6.20 Å². The lowest BCUT2D eigenvalue weighted by Crippen LogP contribution is -1.97. The number of aryl methyl sites for hydroxylation is 3. The maximum atomic E-state index is 11.3. The van der Waals surface area contributed by atoms with Crippen LogP contribution in [0, 0.1) is 20.8 Å². The first kappa shape index (κ1) is 15.0. The van der Waals surface area contributed by atoms with Crippen molar-refractivity contribution in [2.45, 2.75) is 20.8 Å². The van der Waals surface area contributed by atoms with Gasteiger partial charge in [-0.25, -0.2) is 9.78 Å². The number of benzene rings is 2. The van der Waals surface area contributed by atoms with Crippen molar-refractivity contribution in [2.75, 3.05) is 0 Å². The number of carbonyl (C=O) groups is 1. The summed E-state index contributed by atoms with van der Waals surface area (Å²) in [6, 6.07) is 14.0. The topological polar surface area (TPSA) is 55.1 Å². The summed E-state index contributed by atoms with van der Waals surface area (Å²) >= 11 is 0. The molecule has 23 heavy (non-hydrogen) atoms. The van der Waals surface area contributed by atoms with E-state index >= 15 is 0 Å². The van der Waals surface area contributed by atoms with Gasteiger partial charge in [-0.1, -0.05) is 35.9 Å². The van der Waals surface area contributed by atoms with Crippen LogP contribution in [0.25, 0.3) is 17.1 Å². The van der Waals surface area contributed by atoms with E-state index in [2.05, 4.69) is 11.9 Å². The molecule has 4 heteroatoms. The average molecular weight is 306 g/mol. The molecule has 0 unspecified atom stereocenters. The summed E-state index contributed by atoms with van der Waals surface area (Å²) in [7, 11) is 0. The van der Waals surface area contributed by atoms with Gasteiger partial charge in [0.15, 0.2) is 5.69 Å². The highest BCUT2D eigenvalue weighted by Crippen LogP contribution is 2.25. The van der Waals surface area contributed by atoms with Crippen LogP contribution in [0.15, 0.2) is 48.7 Å². The number of hydrogen-bond donors (Lipinski definition) is 1. The molecule has 0 bridgehead atoms. The predicted molar refractivity (Wildman–Crippen MR) is 90.2 cm³/mol. The van der Waals surface area contributed by atoms with Crippen molar-refractivity contribution in [3.63, 3.8) is 0 Å². The van der Waals surface area contributed by atoms with Crippen LogP contribution >= 0.6 is 0 Å². The molecule has 1 heterocycles. The van der Waals surface area contributed by atoms with E-state index in [9.17, 15) is 9.90 Å². The van der Waals surface area contributed by atoms with Crippen LogP contribution in [0.1, 0.15) is 27.2 Å². The molecule has 0 atom stereocenters. The van der Waals surface area contributed by atoms with Crippen LogP contribution < -0.4 is 0 Å². The molecule has 0 amide bonds. The molecule has 0 fully saturated rings. The fourth-order valence-corrected chi connectivity index (χ4v) is 2.46. The molecule has 3 rings (SSSR count). The third-order valence-electron chi connectivity index (χ3n) is 4.00. The van der Waals surface area contributed by atoms with Gasteiger partial charge in [-0.2, -0.15) is 0 Å². The van der Waals surface area contributed by atoms with Crippen molar-refractivity contribution in [2.24, 2.45) is 0 Å². The second kappa shape index (κ2) is 5.72. The molecule has 1 N–H and O–H groups in total. The Morgan fingerprint density at radius 3 is 2.30 bits per heavy atom. The first-order valence-electron chi connectivity index (χ1n) is 7.43. The van der Waals surface area contributed by atoms with Crippen LogP contribution in [0.5, 0.6) is 0 Å². The molecule has 0 radical (unpaired) electrons. The zero-order valence-electron chi connectivity index (χ0n) is 13.4. The van der Waals surface area contributed by atoms with Gasteiger partial charge in [0, 0.05) is 17.4 Å². The third-order valence-corrected chi connectivity index (χ3v) is 4.00. The van der Waals surface area contributed by atoms with Gasteiger partial charge in [0.2, 0.25) is 0 Å². The zero-order valence-corrected chi connectivity index (χ0v) is 13.4. The van der Waals surface area contributed by atoms with Crippen molar-refractivity contribution < 1.29 is 9.90 Å². The molecule has 3 aromatic rings. The Kier molecular flexibility index (Phi) is 3.74. The van der Waals surface area contributed by atoms with Gasteiger partial charge in [0.1, 0.15) is 5.82 Å². The molecule has 0 spiro atoms. The minimum absolute atomic E-state index is 0.0406. The molecule has 0 saturated heterocycles. The summed E-state index contributed by atoms with van der Waals surface area (Å²) in [5, 5.41) is 9.28. The zero-order chi connectivity index (χ0) is 16.6. The second-order valence-corrected chi connectivity index (χ2v) is 5.76. The first-order valence-corrected chi connectivity index (χ1v) is 7.43. The maximum Gasteiger partial charge on any atom is 0.356 e. The van der Waals surface area contributed by atoms with Crippen LogP contribution in [0.4, 0.5) is 0 Å². The van der Waals surface area contributed by atoms with Gasteiger partial charge in [-0.3, -0.25) is 4.57 Å². The fourth-order valence-electron chi connectivity index (χ4n) is 2.46. The molecule has 0 saturated carbocycles. The molecule has 116 valence electrons. The van der Waals surface area contributed by atoms with E-state index in [1.165, 1.54) is 5.56 Å². The molecule has 0 aliphatic carbocycles. The summed E-state index contributed by atoms with van der Waals surface area (Å²) in [5.74, 6) is -0.397. The molecular weight excluding hydrogens is 288 g/mol. The summed E-state index contributed by atoms with van der Waals surface area (Å²) in [5.41, 5.74) is 5.34. The Bertz CT molecular complexity index is 877. The van der Waals surface area contributed by atoms with Crippen LogP contribution in [0.2, 0.25) is 0 Å². The van der Waals surface area contributed by atoms with E-state index < -0.39 is 5.97 Å². The van der Waals surface area contributed by atoms with Crippen LogP contribution in [-0.2, 0) is 0 Å². The maximum absolute atomic E-state index is 11.3. The van der Waals surface area contributed by atoms with Gasteiger partial charge < -0.3 is 5.11 Å². The average Bonchev–Trinajstić information content (AvgIpc) is 2.96. The lowest BCUT2D eigenvalue weighted by atomic mass is 10.1. The summed E-state index contributed by atoms with van der Waals surface area (Å²) in [6.45, 7) is 6.11. The normalized spacial score (nSPS) is 10.7. The third kappa shape index (κ3) is 2.88. The first-order chi connectivity index (χ1) is 11.0. The van der Waals surface area contributed by atoms with Crippen LogP contribution in [-0.4, -0.2) is 20.6 Å². The van der Waals surface area contributed by atoms with E-state index in [1.807, 2.05) is 60.9 Å². The second-order valence-electron chi connectivity index (χ2n) is 5.76. The fraction of sp³-hybridized carbons (Fsp3) is 0.158. The smallest absolute Gasteiger partial charge is 0.356 e. The Labute approximate surface area is 135 Å². The molecule has 4 nitrogen and oxygen atoms in total. The summed E-state index contributed by atoms with van der Waals surface area (Å²) in [6.07, 6.45) is 1.57. The monoisotopic (exact) mass is 306 g/mol. The molecule has 2 aromatic carbocycles. The van der Waals surface area contributed by atoms with Crippen molar-refractivity contribution in [3.8, 4) is 17.1 Å². The van der Waals surface area contributed by atoms with Gasteiger partial charge >= 0.3 is 5.97 Å². The van der Waals surface area contributed by atoms with Crippen molar-refractivity contribution in [1.82, 2.24) is 9.55 Å². The SMILES string of the molecule is Cc1ccc(-c2nc(C(=O)O)cn2-c2ccc(C)c(C)c2)cc1. The number of imidazole rings is 1. The minimum Gasteiger partial charge on any atom is -0.476 e. The number of nitrogens with zero attached hydrogens (tertiary/aromatic N) is 2. The quantitative estimate of drug-likeness (QED) is 0.790. The van der Waals surface area contributed by atoms with E-state index in [0.717, 1.165) is 22.4 Å². The number of aromatic carboxylic acids is 1. The lowest BCUT2D eigenvalue weighted by Gasteiger charge is -2.10. The van der Waals surface area contributed by atoms with Gasteiger partial charge in [0.25, 0.3) is 0 Å². The van der Waals surface area contributed by atoms with Crippen molar-refractivity contribution in [1.29, 1.82) is 0 Å². The summed E-state index contributed by atoms with van der Waals surface area (Å²) in [4.78, 5) is 15.6. The van der Waals surface area contributed by atoms with E-state index in [-0.39, 0.29) is 5.69 Å². The van der Waals surface area contributed by atoms with Crippen molar-refractivity contribution in [3.05, 3.63) is 71.0 Å². The molecule has 0 aliphatic heterocycles. The Hall–Kier alpha value is -2.88. The van der Waals surface area contributed by atoms with Crippen molar-refractivity contribution >= 4 is 5.97 Å². The Morgan fingerprint density at radius 2 is 1.70 bits per heavy atom. The van der Waals surface area contributed by atoms with E-state index in [4.69, 9.17) is 0 Å². The molecule has 0 aliphatic rings. The number of aromatic nitrogens is 2. The van der Waals surface area contributed by atoms with E-state index in [0.29, 0.717) is 5.82 Å². The predicted octanol–water partition coefficient (Wildman–Crippen LogP) is 4.16. The summed E-state index contributed by atoms with van der Waals surface area (Å²) < 4.78 is 1.83. The Morgan fingerprint density at radius 1 is 1.00 bits per heavy atom. The highest BCUT2D eigenvalue weighted by molar-refractivity contribution is 5.86.